The van der Waals surface area contributed by atoms with E-state index in [2.05, 4.69) is 5.32 Å². The zero-order chi connectivity index (χ0) is 18.7. The largest absolute Gasteiger partial charge is 0.392 e. The number of amides is 1. The molecule has 0 aromatic heterocycles. The van der Waals surface area contributed by atoms with Crippen molar-refractivity contribution in [1.29, 1.82) is 0 Å². The molecule has 26 heavy (non-hydrogen) atoms. The van der Waals surface area contributed by atoms with Crippen LogP contribution in [-0.4, -0.2) is 41.7 Å². The summed E-state index contributed by atoms with van der Waals surface area (Å²) >= 11 is 6.40. The summed E-state index contributed by atoms with van der Waals surface area (Å²) in [6, 6.07) is 11.6. The van der Waals surface area contributed by atoms with Crippen LogP contribution >= 0.6 is 11.6 Å². The van der Waals surface area contributed by atoms with Crippen molar-refractivity contribution in [2.45, 2.75) is 25.5 Å². The van der Waals surface area contributed by atoms with E-state index in [4.69, 9.17) is 11.6 Å². The van der Waals surface area contributed by atoms with Gasteiger partial charge in [-0.25, -0.2) is 4.39 Å². The molecule has 0 saturated heterocycles. The number of rotatable bonds is 5. The Kier molecular flexibility index (Phi) is 5.91. The fourth-order valence-corrected chi connectivity index (χ4v) is 3.62. The van der Waals surface area contributed by atoms with Crippen LogP contribution in [0.3, 0.4) is 0 Å². The number of aliphatic hydroxyl groups is 1. The summed E-state index contributed by atoms with van der Waals surface area (Å²) in [5.74, 6) is -0.437. The van der Waals surface area contributed by atoms with Gasteiger partial charge in [0.1, 0.15) is 5.82 Å². The van der Waals surface area contributed by atoms with Crippen LogP contribution in [-0.2, 0) is 11.2 Å². The highest BCUT2D eigenvalue weighted by Crippen LogP contribution is 2.38. The summed E-state index contributed by atoms with van der Waals surface area (Å²) in [4.78, 5) is 14.5. The molecule has 0 aliphatic carbocycles. The molecule has 3 rings (SSSR count). The van der Waals surface area contributed by atoms with Gasteiger partial charge in [0.05, 0.1) is 18.7 Å². The first kappa shape index (κ1) is 18.8. The number of hydrogen-bond donors (Lipinski definition) is 2. The minimum atomic E-state index is -0.529. The lowest BCUT2D eigenvalue weighted by Crippen LogP contribution is -2.45. The van der Waals surface area contributed by atoms with Crippen LogP contribution < -0.4 is 5.32 Å². The van der Waals surface area contributed by atoms with Crippen molar-refractivity contribution in [3.8, 4) is 0 Å². The van der Waals surface area contributed by atoms with E-state index < -0.39 is 12.1 Å². The van der Waals surface area contributed by atoms with E-state index in [-0.39, 0.29) is 18.3 Å². The summed E-state index contributed by atoms with van der Waals surface area (Å²) in [6.45, 7) is 2.63. The van der Waals surface area contributed by atoms with Gasteiger partial charge in [0.2, 0.25) is 5.91 Å². The molecular formula is C20H22ClFN2O2. The zero-order valence-corrected chi connectivity index (χ0v) is 15.3. The number of fused-ring (bicyclic) bond motifs is 1. The van der Waals surface area contributed by atoms with E-state index in [1.165, 1.54) is 12.1 Å². The Morgan fingerprint density at radius 1 is 1.35 bits per heavy atom. The monoisotopic (exact) mass is 376 g/mol. The summed E-state index contributed by atoms with van der Waals surface area (Å²) in [5.41, 5.74) is 2.58. The number of benzene rings is 2. The Morgan fingerprint density at radius 2 is 2.12 bits per heavy atom. The first-order chi connectivity index (χ1) is 12.5. The molecule has 4 nitrogen and oxygen atoms in total. The minimum Gasteiger partial charge on any atom is -0.392 e. The standard InChI is InChI=1S/C20H22ClFN2O2/c1-13(25)11-23-12-19(26)24-9-8-14-6-7-15(22)10-17(14)20(24)16-4-2-3-5-18(16)21/h2-7,10,13,20,23,25H,8-9,11-12H2,1H3/t13-,20?/m1/s1. The molecule has 0 fully saturated rings. The Morgan fingerprint density at radius 3 is 2.85 bits per heavy atom. The minimum absolute atomic E-state index is 0.106. The van der Waals surface area contributed by atoms with Gasteiger partial charge in [-0.2, -0.15) is 0 Å². The summed E-state index contributed by atoms with van der Waals surface area (Å²) in [5, 5.41) is 12.9. The van der Waals surface area contributed by atoms with Crippen LogP contribution in [0, 0.1) is 5.82 Å². The molecule has 138 valence electrons. The third-order valence-corrected chi connectivity index (χ3v) is 4.92. The SMILES string of the molecule is C[C@@H](O)CNCC(=O)N1CCc2ccc(F)cc2C1c1ccccc1Cl. The highest BCUT2D eigenvalue weighted by molar-refractivity contribution is 6.31. The second-order valence-corrected chi connectivity index (χ2v) is 6.99. The number of carbonyl (C=O) groups is 1. The fraction of sp³-hybridized carbons (Fsp3) is 0.350. The van der Waals surface area contributed by atoms with Crippen LogP contribution in [0.25, 0.3) is 0 Å². The molecule has 0 saturated carbocycles. The average Bonchev–Trinajstić information content (AvgIpc) is 2.61. The molecule has 0 bridgehead atoms. The van der Waals surface area contributed by atoms with Gasteiger partial charge >= 0.3 is 0 Å². The van der Waals surface area contributed by atoms with Gasteiger partial charge in [-0.3, -0.25) is 4.79 Å². The summed E-state index contributed by atoms with van der Waals surface area (Å²) in [6.07, 6.45) is 0.136. The third kappa shape index (κ3) is 4.06. The van der Waals surface area contributed by atoms with E-state index in [1.54, 1.807) is 24.0 Å². The van der Waals surface area contributed by atoms with Crippen LogP contribution in [0.5, 0.6) is 0 Å². The van der Waals surface area contributed by atoms with Gasteiger partial charge in [-0.1, -0.05) is 35.9 Å². The molecule has 0 radical (unpaired) electrons. The van der Waals surface area contributed by atoms with Crippen LogP contribution in [0.1, 0.15) is 29.7 Å². The van der Waals surface area contributed by atoms with E-state index in [0.717, 1.165) is 16.7 Å². The molecular weight excluding hydrogens is 355 g/mol. The molecule has 1 unspecified atom stereocenters. The molecule has 2 aromatic rings. The number of carbonyl (C=O) groups excluding carboxylic acids is 1. The van der Waals surface area contributed by atoms with Gasteiger partial charge in [-0.05, 0) is 48.2 Å². The molecule has 1 aliphatic heterocycles. The Hall–Kier alpha value is -1.95. The van der Waals surface area contributed by atoms with Gasteiger partial charge in [0.15, 0.2) is 0 Å². The molecule has 2 atom stereocenters. The Bertz CT molecular complexity index is 797. The zero-order valence-electron chi connectivity index (χ0n) is 14.6. The fourth-order valence-electron chi connectivity index (χ4n) is 3.38. The Labute approximate surface area is 157 Å². The maximum atomic E-state index is 13.9. The van der Waals surface area contributed by atoms with Crippen molar-refractivity contribution in [3.63, 3.8) is 0 Å². The van der Waals surface area contributed by atoms with E-state index >= 15 is 0 Å². The number of halogens is 2. The van der Waals surface area contributed by atoms with Crippen molar-refractivity contribution in [1.82, 2.24) is 10.2 Å². The second-order valence-electron chi connectivity index (χ2n) is 6.58. The number of nitrogens with zero attached hydrogens (tertiary/aromatic N) is 1. The van der Waals surface area contributed by atoms with E-state index in [9.17, 15) is 14.3 Å². The molecule has 2 N–H and O–H groups in total. The van der Waals surface area contributed by atoms with Gasteiger partial charge in [0, 0.05) is 18.1 Å². The maximum Gasteiger partial charge on any atom is 0.237 e. The highest BCUT2D eigenvalue weighted by atomic mass is 35.5. The molecule has 6 heteroatoms. The molecule has 0 spiro atoms. The second kappa shape index (κ2) is 8.16. The topological polar surface area (TPSA) is 52.6 Å². The molecule has 1 amide bonds. The van der Waals surface area contributed by atoms with Gasteiger partial charge in [0.25, 0.3) is 0 Å². The molecule has 1 heterocycles. The van der Waals surface area contributed by atoms with E-state index in [1.807, 2.05) is 18.2 Å². The lowest BCUT2D eigenvalue weighted by Gasteiger charge is -2.38. The first-order valence-electron chi connectivity index (χ1n) is 8.68. The highest BCUT2D eigenvalue weighted by Gasteiger charge is 2.33. The van der Waals surface area contributed by atoms with Crippen molar-refractivity contribution in [2.24, 2.45) is 0 Å². The predicted octanol–water partition coefficient (Wildman–Crippen LogP) is 2.92. The van der Waals surface area contributed by atoms with Crippen molar-refractivity contribution < 1.29 is 14.3 Å². The summed E-state index contributed by atoms with van der Waals surface area (Å²) < 4.78 is 13.9. The first-order valence-corrected chi connectivity index (χ1v) is 9.06. The van der Waals surface area contributed by atoms with E-state index in [0.29, 0.717) is 24.5 Å². The number of hydrogen-bond acceptors (Lipinski definition) is 3. The maximum absolute atomic E-state index is 13.9. The van der Waals surface area contributed by atoms with Gasteiger partial charge < -0.3 is 15.3 Å². The van der Waals surface area contributed by atoms with Crippen molar-refractivity contribution in [2.75, 3.05) is 19.6 Å². The quantitative estimate of drug-likeness (QED) is 0.843. The lowest BCUT2D eigenvalue weighted by molar-refractivity contribution is -0.132. The van der Waals surface area contributed by atoms with Crippen molar-refractivity contribution in [3.05, 3.63) is 70.0 Å². The average molecular weight is 377 g/mol. The van der Waals surface area contributed by atoms with Gasteiger partial charge in [-0.15, -0.1) is 0 Å². The summed E-state index contributed by atoms with van der Waals surface area (Å²) in [7, 11) is 0. The lowest BCUT2D eigenvalue weighted by atomic mass is 9.88. The normalized spacial score (nSPS) is 17.7. The Balaban J connectivity index is 1.96. The molecule has 2 aromatic carbocycles. The van der Waals surface area contributed by atoms with Crippen molar-refractivity contribution >= 4 is 17.5 Å². The number of nitrogens with one attached hydrogen (secondary N) is 1. The smallest absolute Gasteiger partial charge is 0.237 e. The molecule has 1 aliphatic rings. The predicted molar refractivity (Wildman–Crippen MR) is 99.7 cm³/mol. The number of aliphatic hydroxyl groups excluding tert-OH is 1. The van der Waals surface area contributed by atoms with Crippen LogP contribution in [0.4, 0.5) is 4.39 Å². The third-order valence-electron chi connectivity index (χ3n) is 4.57. The van der Waals surface area contributed by atoms with Crippen LogP contribution in [0.2, 0.25) is 5.02 Å². The van der Waals surface area contributed by atoms with Crippen LogP contribution in [0.15, 0.2) is 42.5 Å².